The van der Waals surface area contributed by atoms with Crippen LogP contribution in [0.15, 0.2) is 23.1 Å². The zero-order chi connectivity index (χ0) is 15.5. The fourth-order valence-corrected chi connectivity index (χ4v) is 3.59. The van der Waals surface area contributed by atoms with E-state index in [9.17, 15) is 8.42 Å². The van der Waals surface area contributed by atoms with Gasteiger partial charge in [0.2, 0.25) is 10.0 Å². The van der Waals surface area contributed by atoms with Gasteiger partial charge in [0.05, 0.1) is 11.6 Å². The molecule has 118 valence electrons. The van der Waals surface area contributed by atoms with Crippen molar-refractivity contribution in [1.82, 2.24) is 4.31 Å². The van der Waals surface area contributed by atoms with Crippen LogP contribution < -0.4 is 5.73 Å². The third-order valence-electron chi connectivity index (χ3n) is 3.52. The summed E-state index contributed by atoms with van der Waals surface area (Å²) < 4.78 is 31.6. The van der Waals surface area contributed by atoms with E-state index >= 15 is 0 Å². The van der Waals surface area contributed by atoms with E-state index in [-0.39, 0.29) is 9.92 Å². The number of hydrogen-bond acceptors (Lipinski definition) is 4. The van der Waals surface area contributed by atoms with E-state index in [1.165, 1.54) is 30.3 Å². The Bertz CT molecular complexity index is 588. The van der Waals surface area contributed by atoms with Gasteiger partial charge < -0.3 is 10.5 Å². The van der Waals surface area contributed by atoms with Gasteiger partial charge in [0.15, 0.2) is 0 Å². The summed E-state index contributed by atoms with van der Waals surface area (Å²) in [5.74, 6) is 0.671. The summed E-state index contributed by atoms with van der Waals surface area (Å²) in [5.41, 5.74) is 6.31. The molecule has 1 fully saturated rings. The predicted molar refractivity (Wildman–Crippen MR) is 82.7 cm³/mol. The quantitative estimate of drug-likeness (QED) is 0.737. The molecule has 21 heavy (non-hydrogen) atoms. The third-order valence-corrected chi connectivity index (χ3v) is 5.86. The Hall–Kier alpha value is -0.660. The van der Waals surface area contributed by atoms with Crippen LogP contribution >= 0.6 is 11.6 Å². The largest absolute Gasteiger partial charge is 0.380 e. The van der Waals surface area contributed by atoms with Crippen molar-refractivity contribution >= 4 is 21.6 Å². The Balaban J connectivity index is 1.98. The van der Waals surface area contributed by atoms with Gasteiger partial charge >= 0.3 is 0 Å². The number of likely N-dealkylation sites (N-methyl/N-ethyl adjacent to an activating group) is 1. The maximum Gasteiger partial charge on any atom is 0.244 e. The van der Waals surface area contributed by atoms with Crippen LogP contribution in [0.3, 0.4) is 0 Å². The van der Waals surface area contributed by atoms with E-state index < -0.39 is 10.0 Å². The summed E-state index contributed by atoms with van der Waals surface area (Å²) in [4.78, 5) is 0.103. The van der Waals surface area contributed by atoms with Crippen molar-refractivity contribution < 1.29 is 13.2 Å². The lowest BCUT2D eigenvalue weighted by Gasteiger charge is -2.18. The van der Waals surface area contributed by atoms with Crippen LogP contribution in [-0.4, -0.2) is 39.5 Å². The molecule has 0 unspecified atom stereocenters. The summed E-state index contributed by atoms with van der Waals surface area (Å²) in [6.45, 7) is 1.75. The molecule has 0 saturated heterocycles. The Kier molecular flexibility index (Phi) is 5.62. The molecule has 1 aliphatic carbocycles. The fraction of sp³-hybridized carbons (Fsp3) is 0.571. The fourth-order valence-electron chi connectivity index (χ4n) is 1.90. The Labute approximate surface area is 131 Å². The molecule has 1 saturated carbocycles. The molecule has 1 aliphatic rings. The van der Waals surface area contributed by atoms with Crippen LogP contribution in [0.2, 0.25) is 5.02 Å². The number of benzene rings is 1. The first kappa shape index (κ1) is 16.7. The molecule has 2 N–H and O–H groups in total. The molecule has 0 radical (unpaired) electrons. The smallest absolute Gasteiger partial charge is 0.244 e. The van der Waals surface area contributed by atoms with Gasteiger partial charge in [-0.3, -0.25) is 0 Å². The second-order valence-electron chi connectivity index (χ2n) is 5.31. The standard InChI is InChI=1S/C14H21ClN2O3S/c1-17(6-7-20-10-11-2-3-11)21(18,19)14-5-4-12(9-16)8-13(14)15/h4-5,8,11H,2-3,6-7,9-10,16H2,1H3. The van der Waals surface area contributed by atoms with E-state index in [1.54, 1.807) is 12.1 Å². The van der Waals surface area contributed by atoms with Gasteiger partial charge in [-0.1, -0.05) is 17.7 Å². The van der Waals surface area contributed by atoms with Crippen molar-refractivity contribution in [3.8, 4) is 0 Å². The normalized spacial score (nSPS) is 15.6. The first-order chi connectivity index (χ1) is 9.95. The molecule has 0 atom stereocenters. The van der Waals surface area contributed by atoms with Gasteiger partial charge in [-0.15, -0.1) is 0 Å². The highest BCUT2D eigenvalue weighted by Crippen LogP contribution is 2.29. The summed E-state index contributed by atoms with van der Waals surface area (Å²) in [5, 5.41) is 0.198. The molecule has 0 amide bonds. The zero-order valence-electron chi connectivity index (χ0n) is 12.1. The van der Waals surface area contributed by atoms with Crippen LogP contribution in [0.25, 0.3) is 0 Å². The lowest BCUT2D eigenvalue weighted by atomic mass is 10.2. The van der Waals surface area contributed by atoms with Crippen molar-refractivity contribution in [2.24, 2.45) is 11.7 Å². The van der Waals surface area contributed by atoms with Crippen molar-refractivity contribution in [1.29, 1.82) is 0 Å². The molecule has 5 nitrogen and oxygen atoms in total. The number of ether oxygens (including phenoxy) is 1. The number of nitrogens with zero attached hydrogens (tertiary/aromatic N) is 1. The first-order valence-corrected chi connectivity index (χ1v) is 8.79. The summed E-state index contributed by atoms with van der Waals surface area (Å²) >= 11 is 6.06. The Morgan fingerprint density at radius 3 is 2.71 bits per heavy atom. The van der Waals surface area contributed by atoms with Crippen molar-refractivity contribution in [3.63, 3.8) is 0 Å². The predicted octanol–water partition coefficient (Wildman–Crippen LogP) is 1.85. The molecule has 7 heteroatoms. The van der Waals surface area contributed by atoms with Crippen LogP contribution in [0.1, 0.15) is 18.4 Å². The van der Waals surface area contributed by atoms with E-state index in [0.29, 0.717) is 25.6 Å². The average molecular weight is 333 g/mol. The number of nitrogens with two attached hydrogens (primary N) is 1. The average Bonchev–Trinajstić information content (AvgIpc) is 3.26. The Morgan fingerprint density at radius 1 is 1.43 bits per heavy atom. The molecular formula is C14H21ClN2O3S. The molecule has 1 aromatic rings. The number of halogens is 1. The summed E-state index contributed by atoms with van der Waals surface area (Å²) in [7, 11) is -2.07. The Morgan fingerprint density at radius 2 is 2.14 bits per heavy atom. The van der Waals surface area contributed by atoms with Gasteiger partial charge in [0, 0.05) is 26.7 Å². The highest BCUT2D eigenvalue weighted by molar-refractivity contribution is 7.89. The highest BCUT2D eigenvalue weighted by Gasteiger charge is 2.24. The van der Waals surface area contributed by atoms with Crippen molar-refractivity contribution in [2.75, 3.05) is 26.8 Å². The monoisotopic (exact) mass is 332 g/mol. The van der Waals surface area contributed by atoms with E-state index in [4.69, 9.17) is 22.1 Å². The second kappa shape index (κ2) is 7.07. The maximum atomic E-state index is 12.4. The summed E-state index contributed by atoms with van der Waals surface area (Å²) in [6.07, 6.45) is 2.44. The molecule has 2 rings (SSSR count). The second-order valence-corrected chi connectivity index (χ2v) is 7.73. The minimum Gasteiger partial charge on any atom is -0.380 e. The zero-order valence-corrected chi connectivity index (χ0v) is 13.7. The lowest BCUT2D eigenvalue weighted by molar-refractivity contribution is 0.117. The number of sulfonamides is 1. The van der Waals surface area contributed by atoms with E-state index in [0.717, 1.165) is 12.2 Å². The van der Waals surface area contributed by atoms with Crippen molar-refractivity contribution in [2.45, 2.75) is 24.3 Å². The number of rotatable bonds is 8. The van der Waals surface area contributed by atoms with Crippen LogP contribution in [0, 0.1) is 5.92 Å². The third kappa shape index (κ3) is 4.40. The SMILES string of the molecule is CN(CCOCC1CC1)S(=O)(=O)c1ccc(CN)cc1Cl. The van der Waals surface area contributed by atoms with Crippen LogP contribution in [0.5, 0.6) is 0 Å². The topological polar surface area (TPSA) is 72.6 Å². The van der Waals surface area contributed by atoms with Gasteiger partial charge in [-0.2, -0.15) is 4.31 Å². The molecule has 0 bridgehead atoms. The lowest BCUT2D eigenvalue weighted by Crippen LogP contribution is -2.30. The molecule has 0 aromatic heterocycles. The van der Waals surface area contributed by atoms with Crippen LogP contribution in [0.4, 0.5) is 0 Å². The van der Waals surface area contributed by atoms with Gasteiger partial charge in [-0.25, -0.2) is 8.42 Å². The van der Waals surface area contributed by atoms with E-state index in [2.05, 4.69) is 0 Å². The highest BCUT2D eigenvalue weighted by atomic mass is 35.5. The summed E-state index contributed by atoms with van der Waals surface area (Å²) in [6, 6.07) is 4.77. The van der Waals surface area contributed by atoms with Gasteiger partial charge in [0.1, 0.15) is 4.90 Å². The number of hydrogen-bond donors (Lipinski definition) is 1. The van der Waals surface area contributed by atoms with E-state index in [1.807, 2.05) is 0 Å². The van der Waals surface area contributed by atoms with Crippen molar-refractivity contribution in [3.05, 3.63) is 28.8 Å². The minimum atomic E-state index is -3.60. The minimum absolute atomic E-state index is 0.103. The molecular weight excluding hydrogens is 312 g/mol. The molecule has 0 heterocycles. The first-order valence-electron chi connectivity index (χ1n) is 6.97. The van der Waals surface area contributed by atoms with Gasteiger partial charge in [0.25, 0.3) is 0 Å². The molecule has 0 aliphatic heterocycles. The van der Waals surface area contributed by atoms with Crippen LogP contribution in [-0.2, 0) is 21.3 Å². The van der Waals surface area contributed by atoms with Gasteiger partial charge in [-0.05, 0) is 36.5 Å². The molecule has 0 spiro atoms. The maximum absolute atomic E-state index is 12.4. The molecule has 1 aromatic carbocycles.